The van der Waals surface area contributed by atoms with Crippen molar-refractivity contribution in [1.29, 1.82) is 0 Å². The molecule has 4 nitrogen and oxygen atoms in total. The van der Waals surface area contributed by atoms with Crippen LogP contribution in [0.2, 0.25) is 0 Å². The lowest BCUT2D eigenvalue weighted by Crippen LogP contribution is -2.48. The summed E-state index contributed by atoms with van der Waals surface area (Å²) in [5, 5.41) is 0. The highest BCUT2D eigenvalue weighted by Gasteiger charge is 2.33. The summed E-state index contributed by atoms with van der Waals surface area (Å²) >= 11 is 0. The van der Waals surface area contributed by atoms with Gasteiger partial charge in [-0.3, -0.25) is 4.79 Å². The van der Waals surface area contributed by atoms with E-state index in [1.807, 2.05) is 29.2 Å². The van der Waals surface area contributed by atoms with Crippen molar-refractivity contribution < 1.29 is 9.18 Å². The van der Waals surface area contributed by atoms with Crippen LogP contribution in [0.4, 0.5) is 4.39 Å². The minimum absolute atomic E-state index is 0.0310. The van der Waals surface area contributed by atoms with E-state index in [0.29, 0.717) is 24.6 Å². The van der Waals surface area contributed by atoms with Crippen molar-refractivity contribution in [2.75, 3.05) is 13.1 Å². The maximum absolute atomic E-state index is 13.0. The first kappa shape index (κ1) is 14.6. The van der Waals surface area contributed by atoms with Crippen molar-refractivity contribution in [2.45, 2.75) is 5.92 Å². The van der Waals surface area contributed by atoms with Crippen LogP contribution in [0, 0.1) is 5.82 Å². The van der Waals surface area contributed by atoms with Gasteiger partial charge >= 0.3 is 0 Å². The molecule has 1 aliphatic rings. The predicted octanol–water partition coefficient (Wildman–Crippen LogP) is 3.46. The number of amides is 1. The lowest BCUT2D eigenvalue weighted by molar-refractivity contribution is 0.0595. The molecule has 1 amide bonds. The van der Waals surface area contributed by atoms with Gasteiger partial charge < -0.3 is 9.88 Å². The van der Waals surface area contributed by atoms with Gasteiger partial charge in [0.25, 0.3) is 5.91 Å². The zero-order valence-electron chi connectivity index (χ0n) is 12.9. The quantitative estimate of drug-likeness (QED) is 0.803. The van der Waals surface area contributed by atoms with Gasteiger partial charge in [-0.05, 0) is 35.4 Å². The van der Waals surface area contributed by atoms with Crippen molar-refractivity contribution in [3.05, 3.63) is 78.1 Å². The van der Waals surface area contributed by atoms with Crippen LogP contribution in [0.25, 0.3) is 11.1 Å². The largest absolute Gasteiger partial charge is 0.348 e. The number of hydrogen-bond donors (Lipinski definition) is 1. The molecule has 1 fully saturated rings. The number of likely N-dealkylation sites (tertiary alicyclic amines) is 1. The van der Waals surface area contributed by atoms with E-state index < -0.39 is 0 Å². The van der Waals surface area contributed by atoms with Gasteiger partial charge in [0.05, 0.1) is 5.92 Å². The van der Waals surface area contributed by atoms with Crippen molar-refractivity contribution in [1.82, 2.24) is 14.9 Å². The number of aromatic amines is 1. The van der Waals surface area contributed by atoms with Gasteiger partial charge in [0.15, 0.2) is 0 Å². The Kier molecular flexibility index (Phi) is 3.61. The standard InChI is InChI=1S/C19H16FN3O/c20-17-7-5-14(6-8-17)13-1-3-15(4-2-13)19(24)23-11-16(12-23)18-21-9-10-22-18/h1-10,16H,11-12H2,(H,21,22). The Morgan fingerprint density at radius 2 is 1.67 bits per heavy atom. The normalized spacial score (nSPS) is 14.5. The average Bonchev–Trinajstić information content (AvgIpc) is 3.08. The zero-order chi connectivity index (χ0) is 16.5. The Bertz CT molecular complexity index is 835. The third kappa shape index (κ3) is 2.69. The molecule has 0 aliphatic carbocycles. The number of carbonyl (C=O) groups excluding carboxylic acids is 1. The SMILES string of the molecule is O=C(c1ccc(-c2ccc(F)cc2)cc1)N1CC(c2ncc[nH]2)C1. The van der Waals surface area contributed by atoms with Crippen LogP contribution >= 0.6 is 0 Å². The molecule has 0 bridgehead atoms. The van der Waals surface area contributed by atoms with E-state index in [0.717, 1.165) is 17.0 Å². The molecule has 2 heterocycles. The molecule has 0 atom stereocenters. The highest BCUT2D eigenvalue weighted by molar-refractivity contribution is 5.95. The number of nitrogens with one attached hydrogen (secondary N) is 1. The average molecular weight is 321 g/mol. The summed E-state index contributed by atoms with van der Waals surface area (Å²) in [5.41, 5.74) is 2.56. The van der Waals surface area contributed by atoms with Gasteiger partial charge in [0.1, 0.15) is 11.6 Å². The van der Waals surface area contributed by atoms with Crippen LogP contribution in [-0.2, 0) is 0 Å². The maximum atomic E-state index is 13.0. The van der Waals surface area contributed by atoms with Crippen LogP contribution in [0.15, 0.2) is 60.9 Å². The maximum Gasteiger partial charge on any atom is 0.253 e. The van der Waals surface area contributed by atoms with Gasteiger partial charge in [0, 0.05) is 31.0 Å². The molecule has 3 aromatic rings. The van der Waals surface area contributed by atoms with E-state index in [2.05, 4.69) is 9.97 Å². The first-order valence-corrected chi connectivity index (χ1v) is 7.85. The number of imidazole rings is 1. The highest BCUT2D eigenvalue weighted by atomic mass is 19.1. The number of aromatic nitrogens is 2. The van der Waals surface area contributed by atoms with Crippen molar-refractivity contribution in [3.8, 4) is 11.1 Å². The lowest BCUT2D eigenvalue weighted by Gasteiger charge is -2.38. The fourth-order valence-corrected chi connectivity index (χ4v) is 2.95. The molecule has 24 heavy (non-hydrogen) atoms. The number of benzene rings is 2. The molecule has 120 valence electrons. The third-order valence-electron chi connectivity index (χ3n) is 4.38. The van der Waals surface area contributed by atoms with Crippen molar-refractivity contribution in [3.63, 3.8) is 0 Å². The number of H-pyrrole nitrogens is 1. The summed E-state index contributed by atoms with van der Waals surface area (Å²) in [6.07, 6.45) is 3.53. The summed E-state index contributed by atoms with van der Waals surface area (Å²) < 4.78 is 13.0. The van der Waals surface area contributed by atoms with Crippen LogP contribution in [0.1, 0.15) is 22.1 Å². The summed E-state index contributed by atoms with van der Waals surface area (Å²) in [5.74, 6) is 1.01. The topological polar surface area (TPSA) is 49.0 Å². The van der Waals surface area contributed by atoms with E-state index in [-0.39, 0.29) is 11.7 Å². The second-order valence-electron chi connectivity index (χ2n) is 5.97. The van der Waals surface area contributed by atoms with Gasteiger partial charge in [-0.1, -0.05) is 24.3 Å². The van der Waals surface area contributed by atoms with E-state index in [4.69, 9.17) is 0 Å². The van der Waals surface area contributed by atoms with Crippen LogP contribution in [0.3, 0.4) is 0 Å². The molecule has 1 N–H and O–H groups in total. The first-order valence-electron chi connectivity index (χ1n) is 7.85. The van der Waals surface area contributed by atoms with E-state index in [1.54, 1.807) is 24.5 Å². The van der Waals surface area contributed by atoms with E-state index in [1.165, 1.54) is 12.1 Å². The number of hydrogen-bond acceptors (Lipinski definition) is 2. The predicted molar refractivity (Wildman–Crippen MR) is 89.1 cm³/mol. The number of carbonyl (C=O) groups is 1. The Balaban J connectivity index is 1.43. The molecule has 1 aromatic heterocycles. The number of nitrogens with zero attached hydrogens (tertiary/aromatic N) is 2. The molecule has 0 spiro atoms. The smallest absolute Gasteiger partial charge is 0.253 e. The molecular formula is C19H16FN3O. The molecular weight excluding hydrogens is 305 g/mol. The van der Waals surface area contributed by atoms with Gasteiger partial charge in [-0.25, -0.2) is 9.37 Å². The summed E-state index contributed by atoms with van der Waals surface area (Å²) in [7, 11) is 0. The molecule has 4 rings (SSSR count). The molecule has 0 unspecified atom stereocenters. The Labute approximate surface area is 139 Å². The molecule has 1 aliphatic heterocycles. The van der Waals surface area contributed by atoms with Crippen LogP contribution in [0.5, 0.6) is 0 Å². The Hall–Kier alpha value is -2.95. The zero-order valence-corrected chi connectivity index (χ0v) is 12.9. The molecule has 0 saturated carbocycles. The Morgan fingerprint density at radius 3 is 2.25 bits per heavy atom. The highest BCUT2D eigenvalue weighted by Crippen LogP contribution is 2.27. The molecule has 5 heteroatoms. The molecule has 2 aromatic carbocycles. The summed E-state index contributed by atoms with van der Waals surface area (Å²) in [6.45, 7) is 1.37. The monoisotopic (exact) mass is 321 g/mol. The fourth-order valence-electron chi connectivity index (χ4n) is 2.95. The Morgan fingerprint density at radius 1 is 1.04 bits per heavy atom. The van der Waals surface area contributed by atoms with E-state index >= 15 is 0 Å². The lowest BCUT2D eigenvalue weighted by atomic mass is 9.97. The number of rotatable bonds is 3. The minimum atomic E-state index is -0.255. The third-order valence-corrected chi connectivity index (χ3v) is 4.38. The second-order valence-corrected chi connectivity index (χ2v) is 5.97. The molecule has 1 saturated heterocycles. The summed E-state index contributed by atoms with van der Waals surface area (Å²) in [4.78, 5) is 21.6. The van der Waals surface area contributed by atoms with Crippen LogP contribution < -0.4 is 0 Å². The van der Waals surface area contributed by atoms with Crippen molar-refractivity contribution >= 4 is 5.91 Å². The first-order chi connectivity index (χ1) is 11.7. The fraction of sp³-hybridized carbons (Fsp3) is 0.158. The molecule has 0 radical (unpaired) electrons. The van der Waals surface area contributed by atoms with Crippen LogP contribution in [-0.4, -0.2) is 33.9 Å². The van der Waals surface area contributed by atoms with E-state index in [9.17, 15) is 9.18 Å². The van der Waals surface area contributed by atoms with Gasteiger partial charge in [-0.15, -0.1) is 0 Å². The second kappa shape index (κ2) is 5.92. The van der Waals surface area contributed by atoms with Gasteiger partial charge in [-0.2, -0.15) is 0 Å². The minimum Gasteiger partial charge on any atom is -0.348 e. The summed E-state index contributed by atoms with van der Waals surface area (Å²) in [6, 6.07) is 13.8. The van der Waals surface area contributed by atoms with Gasteiger partial charge in [0.2, 0.25) is 0 Å². The number of halogens is 1. The van der Waals surface area contributed by atoms with Crippen molar-refractivity contribution in [2.24, 2.45) is 0 Å².